The predicted octanol–water partition coefficient (Wildman–Crippen LogP) is 1.17. The molecule has 2 N–H and O–H groups in total. The molecule has 1 aromatic rings. The van der Waals surface area contributed by atoms with Crippen molar-refractivity contribution in [1.29, 1.82) is 0 Å². The number of carbonyl (C=O) groups excluding carboxylic acids is 2. The number of hydrogen-bond acceptors (Lipinski definition) is 5. The zero-order chi connectivity index (χ0) is 14.4. The van der Waals surface area contributed by atoms with E-state index in [2.05, 4.69) is 0 Å². The standard InChI is InChI=1S/C13H16BNO4/c1-3-18-12(16)8-5-6-9(13(17)19-4-2)10(7-8)11(14)15/h5-7,11H,3-4,15H2,1-2H3. The Kier molecular flexibility index (Phi) is 5.57. The van der Waals surface area contributed by atoms with Gasteiger partial charge >= 0.3 is 11.9 Å². The summed E-state index contributed by atoms with van der Waals surface area (Å²) in [4.78, 5) is 23.3. The molecule has 0 aliphatic heterocycles. The second-order valence-electron chi connectivity index (χ2n) is 3.77. The molecule has 19 heavy (non-hydrogen) atoms. The zero-order valence-corrected chi connectivity index (χ0v) is 11.0. The third kappa shape index (κ3) is 3.82. The van der Waals surface area contributed by atoms with Gasteiger partial charge in [-0.05, 0) is 43.6 Å². The minimum Gasteiger partial charge on any atom is -0.462 e. The lowest BCUT2D eigenvalue weighted by Crippen LogP contribution is -2.18. The number of nitrogens with two attached hydrogens (primary N) is 1. The largest absolute Gasteiger partial charge is 0.462 e. The maximum atomic E-state index is 11.7. The van der Waals surface area contributed by atoms with Gasteiger partial charge in [-0.25, -0.2) is 9.59 Å². The summed E-state index contributed by atoms with van der Waals surface area (Å²) in [6.45, 7) is 3.92. The van der Waals surface area contributed by atoms with Crippen molar-refractivity contribution in [3.63, 3.8) is 0 Å². The molecule has 1 unspecified atom stereocenters. The third-order valence-electron chi connectivity index (χ3n) is 2.42. The number of carbonyl (C=O) groups is 2. The van der Waals surface area contributed by atoms with Crippen LogP contribution in [-0.4, -0.2) is 33.0 Å². The lowest BCUT2D eigenvalue weighted by atomic mass is 9.86. The zero-order valence-electron chi connectivity index (χ0n) is 11.0. The van der Waals surface area contributed by atoms with Gasteiger partial charge in [0.1, 0.15) is 0 Å². The Bertz CT molecular complexity index is 474. The van der Waals surface area contributed by atoms with Gasteiger partial charge in [-0.1, -0.05) is 0 Å². The van der Waals surface area contributed by atoms with Gasteiger partial charge < -0.3 is 15.2 Å². The maximum Gasteiger partial charge on any atom is 0.338 e. The Morgan fingerprint density at radius 3 is 2.32 bits per heavy atom. The van der Waals surface area contributed by atoms with E-state index in [4.69, 9.17) is 23.1 Å². The average Bonchev–Trinajstić information content (AvgIpc) is 2.38. The van der Waals surface area contributed by atoms with Crippen LogP contribution < -0.4 is 5.73 Å². The summed E-state index contributed by atoms with van der Waals surface area (Å²) in [5, 5.41) is 0. The first kappa shape index (κ1) is 15.2. The molecule has 0 heterocycles. The molecular formula is C13H16BNO4. The number of esters is 2. The summed E-state index contributed by atoms with van der Waals surface area (Å²) in [5.74, 6) is -1.89. The van der Waals surface area contributed by atoms with E-state index in [1.165, 1.54) is 18.2 Å². The van der Waals surface area contributed by atoms with Crippen molar-refractivity contribution >= 4 is 19.8 Å². The minimum atomic E-state index is -0.881. The highest BCUT2D eigenvalue weighted by molar-refractivity contribution is 6.13. The quantitative estimate of drug-likeness (QED) is 0.635. The minimum absolute atomic E-state index is 0.248. The monoisotopic (exact) mass is 261 g/mol. The van der Waals surface area contributed by atoms with Crippen molar-refractivity contribution in [2.24, 2.45) is 5.73 Å². The fourth-order valence-corrected chi connectivity index (χ4v) is 1.57. The SMILES string of the molecule is [B]C(N)c1cc(C(=O)OCC)ccc1C(=O)OCC. The van der Waals surface area contributed by atoms with Crippen molar-refractivity contribution < 1.29 is 19.1 Å². The summed E-state index contributed by atoms with van der Waals surface area (Å²) in [7, 11) is 5.61. The molecule has 0 amide bonds. The number of rotatable bonds is 5. The molecule has 100 valence electrons. The highest BCUT2D eigenvalue weighted by Gasteiger charge is 2.17. The summed E-state index contributed by atoms with van der Waals surface area (Å²) in [6.07, 6.45) is 0. The lowest BCUT2D eigenvalue weighted by molar-refractivity contribution is 0.0510. The lowest BCUT2D eigenvalue weighted by Gasteiger charge is -2.13. The first-order chi connectivity index (χ1) is 9.01. The van der Waals surface area contributed by atoms with Crippen LogP contribution in [0.1, 0.15) is 46.1 Å². The van der Waals surface area contributed by atoms with E-state index in [1.807, 2.05) is 0 Å². The number of benzene rings is 1. The Morgan fingerprint density at radius 1 is 1.21 bits per heavy atom. The van der Waals surface area contributed by atoms with Gasteiger partial charge in [0.05, 0.1) is 32.2 Å². The highest BCUT2D eigenvalue weighted by atomic mass is 16.5. The molecule has 0 aliphatic rings. The fraction of sp³-hybridized carbons (Fsp3) is 0.385. The van der Waals surface area contributed by atoms with Crippen LogP contribution in [-0.2, 0) is 9.47 Å². The van der Waals surface area contributed by atoms with Crippen LogP contribution >= 0.6 is 0 Å². The molecule has 2 radical (unpaired) electrons. The second-order valence-corrected chi connectivity index (χ2v) is 3.77. The van der Waals surface area contributed by atoms with Crippen LogP contribution in [0.5, 0.6) is 0 Å². The van der Waals surface area contributed by atoms with E-state index in [9.17, 15) is 9.59 Å². The normalized spacial score (nSPS) is 11.7. The van der Waals surface area contributed by atoms with E-state index in [0.717, 1.165) is 0 Å². The molecule has 1 aromatic carbocycles. The van der Waals surface area contributed by atoms with Crippen molar-refractivity contribution in [2.75, 3.05) is 13.2 Å². The molecule has 0 aromatic heterocycles. The first-order valence-corrected chi connectivity index (χ1v) is 6.00. The van der Waals surface area contributed by atoms with Crippen LogP contribution in [0.15, 0.2) is 18.2 Å². The van der Waals surface area contributed by atoms with E-state index in [0.29, 0.717) is 11.1 Å². The Labute approximate surface area is 113 Å². The summed E-state index contributed by atoms with van der Waals surface area (Å²) in [5.41, 5.74) is 6.51. The summed E-state index contributed by atoms with van der Waals surface area (Å²) < 4.78 is 9.77. The second kappa shape index (κ2) is 6.94. The van der Waals surface area contributed by atoms with Crippen molar-refractivity contribution in [1.82, 2.24) is 0 Å². The third-order valence-corrected chi connectivity index (χ3v) is 2.42. The van der Waals surface area contributed by atoms with Gasteiger partial charge in [-0.2, -0.15) is 0 Å². The van der Waals surface area contributed by atoms with Gasteiger partial charge in [0.15, 0.2) is 0 Å². The molecule has 0 saturated carbocycles. The number of ether oxygens (including phenoxy) is 2. The van der Waals surface area contributed by atoms with E-state index >= 15 is 0 Å². The van der Waals surface area contributed by atoms with Crippen LogP contribution in [0.3, 0.4) is 0 Å². The van der Waals surface area contributed by atoms with Gasteiger partial charge in [-0.3, -0.25) is 0 Å². The number of hydrogen-bond donors (Lipinski definition) is 1. The van der Waals surface area contributed by atoms with E-state index < -0.39 is 17.9 Å². The highest BCUT2D eigenvalue weighted by Crippen LogP contribution is 2.18. The van der Waals surface area contributed by atoms with Gasteiger partial charge in [0.25, 0.3) is 0 Å². The van der Waals surface area contributed by atoms with Crippen LogP contribution in [0, 0.1) is 0 Å². The Hall–Kier alpha value is -1.82. The molecule has 5 nitrogen and oxygen atoms in total. The molecular weight excluding hydrogens is 245 g/mol. The Morgan fingerprint density at radius 2 is 1.79 bits per heavy atom. The van der Waals surface area contributed by atoms with Gasteiger partial charge in [-0.15, -0.1) is 0 Å². The summed E-state index contributed by atoms with van der Waals surface area (Å²) >= 11 is 0. The fourth-order valence-electron chi connectivity index (χ4n) is 1.57. The van der Waals surface area contributed by atoms with E-state index in [1.54, 1.807) is 13.8 Å². The summed E-state index contributed by atoms with van der Waals surface area (Å²) in [6, 6.07) is 4.40. The molecule has 0 saturated heterocycles. The van der Waals surface area contributed by atoms with Crippen LogP contribution in [0.25, 0.3) is 0 Å². The molecule has 1 rings (SSSR count). The molecule has 1 atom stereocenters. The van der Waals surface area contributed by atoms with Crippen molar-refractivity contribution in [3.05, 3.63) is 34.9 Å². The molecule has 6 heteroatoms. The van der Waals surface area contributed by atoms with E-state index in [-0.39, 0.29) is 18.8 Å². The molecule has 0 spiro atoms. The maximum absolute atomic E-state index is 11.7. The average molecular weight is 261 g/mol. The van der Waals surface area contributed by atoms with Crippen molar-refractivity contribution in [3.8, 4) is 0 Å². The van der Waals surface area contributed by atoms with Gasteiger partial charge in [0.2, 0.25) is 0 Å². The van der Waals surface area contributed by atoms with Crippen LogP contribution in [0.2, 0.25) is 0 Å². The topological polar surface area (TPSA) is 78.6 Å². The van der Waals surface area contributed by atoms with Crippen molar-refractivity contribution in [2.45, 2.75) is 19.8 Å². The molecule has 0 aliphatic carbocycles. The molecule has 0 bridgehead atoms. The smallest absolute Gasteiger partial charge is 0.338 e. The first-order valence-electron chi connectivity index (χ1n) is 6.00. The van der Waals surface area contributed by atoms with Gasteiger partial charge in [0, 0.05) is 0 Å². The molecule has 0 fully saturated rings. The predicted molar refractivity (Wildman–Crippen MR) is 71.0 cm³/mol. The van der Waals surface area contributed by atoms with Crippen LogP contribution in [0.4, 0.5) is 0 Å². The Balaban J connectivity index is 3.15.